The molecule has 5 rings (SSSR count). The largest absolute Gasteiger partial charge is 0.496 e. The van der Waals surface area contributed by atoms with Crippen LogP contribution < -0.4 is 19.6 Å². The van der Waals surface area contributed by atoms with E-state index in [2.05, 4.69) is 0 Å². The van der Waals surface area contributed by atoms with E-state index in [-0.39, 0.29) is 22.5 Å². The van der Waals surface area contributed by atoms with Crippen molar-refractivity contribution in [2.75, 3.05) is 7.11 Å². The number of ether oxygens (including phenoxy) is 3. The number of hydrogen-bond acceptors (Lipinski definition) is 6. The first-order valence-corrected chi connectivity index (χ1v) is 10.2. The third-order valence-electron chi connectivity index (χ3n) is 5.20. The van der Waals surface area contributed by atoms with E-state index < -0.39 is 5.97 Å². The van der Waals surface area contributed by atoms with Crippen LogP contribution in [0, 0.1) is 0 Å². The fourth-order valence-electron chi connectivity index (χ4n) is 3.56. The molecule has 6 heteroatoms. The summed E-state index contributed by atoms with van der Waals surface area (Å²) >= 11 is 0. The summed E-state index contributed by atoms with van der Waals surface area (Å²) in [4.78, 5) is 25.5. The third kappa shape index (κ3) is 4.02. The van der Waals surface area contributed by atoms with Gasteiger partial charge in [-0.25, -0.2) is 4.79 Å². The van der Waals surface area contributed by atoms with Gasteiger partial charge in [0, 0.05) is 6.07 Å². The van der Waals surface area contributed by atoms with Crippen LogP contribution in [0.2, 0.25) is 0 Å². The molecule has 0 bridgehead atoms. The number of rotatable bonds is 5. The van der Waals surface area contributed by atoms with E-state index in [1.54, 1.807) is 36.4 Å². The molecule has 4 aromatic carbocycles. The molecule has 0 spiro atoms. The molecule has 0 N–H and O–H groups in total. The molecule has 0 fully saturated rings. The highest BCUT2D eigenvalue weighted by molar-refractivity contribution is 5.94. The zero-order chi connectivity index (χ0) is 22.8. The van der Waals surface area contributed by atoms with E-state index in [9.17, 15) is 9.59 Å². The molecule has 33 heavy (non-hydrogen) atoms. The molecule has 0 saturated heterocycles. The molecule has 0 atom stereocenters. The van der Waals surface area contributed by atoms with E-state index in [0.29, 0.717) is 22.4 Å². The van der Waals surface area contributed by atoms with Gasteiger partial charge >= 0.3 is 5.97 Å². The summed E-state index contributed by atoms with van der Waals surface area (Å²) in [6, 6.07) is 24.8. The summed E-state index contributed by atoms with van der Waals surface area (Å²) < 4.78 is 22.1. The molecule has 162 valence electrons. The first-order chi connectivity index (χ1) is 16.1. The number of hydrogen-bond donors (Lipinski definition) is 0. The zero-order valence-corrected chi connectivity index (χ0v) is 17.6. The average molecular weight is 438 g/mol. The average Bonchev–Trinajstić information content (AvgIpc) is 2.85. The van der Waals surface area contributed by atoms with Crippen LogP contribution in [0.4, 0.5) is 0 Å². The van der Waals surface area contributed by atoms with Crippen LogP contribution in [0.15, 0.2) is 100 Å². The minimum absolute atomic E-state index is 0.0662. The summed E-state index contributed by atoms with van der Waals surface area (Å²) in [5.41, 5.74) is 0.240. The molecular formula is C27H18O6. The maximum absolute atomic E-state index is 12.9. The van der Waals surface area contributed by atoms with Crippen molar-refractivity contribution < 1.29 is 23.4 Å². The van der Waals surface area contributed by atoms with Gasteiger partial charge in [-0.05, 0) is 47.2 Å². The monoisotopic (exact) mass is 438 g/mol. The van der Waals surface area contributed by atoms with Crippen molar-refractivity contribution in [3.8, 4) is 23.0 Å². The summed E-state index contributed by atoms with van der Waals surface area (Å²) in [7, 11) is 1.48. The van der Waals surface area contributed by atoms with Gasteiger partial charge in [0.25, 0.3) is 0 Å². The standard InChI is InChI=1S/C27H18O6/c1-30-23-9-5-4-8-22(23)27(29)33-20-12-13-21-24(15-20)31-16-25(26(21)28)32-19-11-10-17-6-2-3-7-18(17)14-19/h2-16H,1H3. The van der Waals surface area contributed by atoms with Crippen LogP contribution in [0.25, 0.3) is 21.7 Å². The first-order valence-electron chi connectivity index (χ1n) is 10.2. The number of carbonyl (C=O) groups is 1. The van der Waals surface area contributed by atoms with Crippen molar-refractivity contribution in [2.24, 2.45) is 0 Å². The van der Waals surface area contributed by atoms with Gasteiger partial charge in [0.1, 0.15) is 34.7 Å². The van der Waals surface area contributed by atoms with Crippen molar-refractivity contribution >= 4 is 27.7 Å². The fourth-order valence-corrected chi connectivity index (χ4v) is 3.56. The second-order valence-electron chi connectivity index (χ2n) is 7.29. The van der Waals surface area contributed by atoms with Gasteiger partial charge in [-0.2, -0.15) is 0 Å². The van der Waals surface area contributed by atoms with E-state index >= 15 is 0 Å². The number of methoxy groups -OCH3 is 1. The van der Waals surface area contributed by atoms with Gasteiger partial charge in [0.05, 0.1) is 12.5 Å². The van der Waals surface area contributed by atoms with Crippen LogP contribution in [0.5, 0.6) is 23.0 Å². The molecule has 1 aromatic heterocycles. The number of carbonyl (C=O) groups excluding carboxylic acids is 1. The normalized spacial score (nSPS) is 10.8. The Hall–Kier alpha value is -4.58. The van der Waals surface area contributed by atoms with Crippen LogP contribution in [-0.4, -0.2) is 13.1 Å². The van der Waals surface area contributed by atoms with Gasteiger partial charge in [0.15, 0.2) is 0 Å². The lowest BCUT2D eigenvalue weighted by molar-refractivity contribution is 0.0731. The minimum atomic E-state index is -0.578. The predicted octanol–water partition coefficient (Wildman–Crippen LogP) is 5.97. The van der Waals surface area contributed by atoms with Crippen LogP contribution in [0.3, 0.4) is 0 Å². The van der Waals surface area contributed by atoms with Crippen molar-refractivity contribution in [1.29, 1.82) is 0 Å². The Labute approximate surface area is 188 Å². The molecule has 0 aliphatic heterocycles. The predicted molar refractivity (Wildman–Crippen MR) is 124 cm³/mol. The third-order valence-corrected chi connectivity index (χ3v) is 5.20. The molecule has 0 aliphatic carbocycles. The first kappa shape index (κ1) is 20.3. The van der Waals surface area contributed by atoms with Gasteiger partial charge in [-0.3, -0.25) is 4.79 Å². The maximum Gasteiger partial charge on any atom is 0.347 e. The molecule has 1 heterocycles. The zero-order valence-electron chi connectivity index (χ0n) is 17.6. The molecule has 0 radical (unpaired) electrons. The van der Waals surface area contributed by atoms with Crippen molar-refractivity contribution in [3.05, 3.63) is 107 Å². The number of esters is 1. The van der Waals surface area contributed by atoms with E-state index in [4.69, 9.17) is 18.6 Å². The number of para-hydroxylation sites is 1. The van der Waals surface area contributed by atoms with Crippen molar-refractivity contribution in [2.45, 2.75) is 0 Å². The smallest absolute Gasteiger partial charge is 0.347 e. The van der Waals surface area contributed by atoms with Gasteiger partial charge in [-0.15, -0.1) is 0 Å². The Kier molecular flexibility index (Phi) is 5.24. The van der Waals surface area contributed by atoms with E-state index in [1.165, 1.54) is 25.5 Å². The summed E-state index contributed by atoms with van der Waals surface area (Å²) in [5, 5.41) is 2.39. The second-order valence-corrected chi connectivity index (χ2v) is 7.29. The minimum Gasteiger partial charge on any atom is -0.496 e. The summed E-state index contributed by atoms with van der Waals surface area (Å²) in [6.45, 7) is 0. The molecule has 0 unspecified atom stereocenters. The summed E-state index contributed by atoms with van der Waals surface area (Å²) in [6.07, 6.45) is 1.26. The SMILES string of the molecule is COc1ccccc1C(=O)Oc1ccc2c(=O)c(Oc3ccc4ccccc4c3)coc2c1. The molecule has 0 amide bonds. The van der Waals surface area contributed by atoms with Crippen molar-refractivity contribution in [3.63, 3.8) is 0 Å². The van der Waals surface area contributed by atoms with Crippen LogP contribution in [0.1, 0.15) is 10.4 Å². The highest BCUT2D eigenvalue weighted by Gasteiger charge is 2.16. The maximum atomic E-state index is 12.9. The highest BCUT2D eigenvalue weighted by Crippen LogP contribution is 2.27. The van der Waals surface area contributed by atoms with E-state index in [1.807, 2.05) is 36.4 Å². The molecule has 5 aromatic rings. The fraction of sp³-hybridized carbons (Fsp3) is 0.0370. The lowest BCUT2D eigenvalue weighted by Crippen LogP contribution is -2.10. The lowest BCUT2D eigenvalue weighted by atomic mass is 10.1. The van der Waals surface area contributed by atoms with Gasteiger partial charge in [0.2, 0.25) is 11.2 Å². The topological polar surface area (TPSA) is 75.0 Å². The molecule has 6 nitrogen and oxygen atoms in total. The molecule has 0 aliphatic rings. The van der Waals surface area contributed by atoms with Crippen LogP contribution >= 0.6 is 0 Å². The van der Waals surface area contributed by atoms with Crippen LogP contribution in [-0.2, 0) is 0 Å². The number of benzene rings is 4. The Bertz CT molecular complexity index is 1550. The molecular weight excluding hydrogens is 420 g/mol. The van der Waals surface area contributed by atoms with Crippen molar-refractivity contribution in [1.82, 2.24) is 0 Å². The van der Waals surface area contributed by atoms with Gasteiger partial charge < -0.3 is 18.6 Å². The lowest BCUT2D eigenvalue weighted by Gasteiger charge is -2.09. The Morgan fingerprint density at radius 3 is 2.39 bits per heavy atom. The number of fused-ring (bicyclic) bond motifs is 2. The highest BCUT2D eigenvalue weighted by atomic mass is 16.5. The molecule has 0 saturated carbocycles. The Morgan fingerprint density at radius 1 is 0.788 bits per heavy atom. The second kappa shape index (κ2) is 8.51. The van der Waals surface area contributed by atoms with E-state index in [0.717, 1.165) is 10.8 Å². The Balaban J connectivity index is 1.41. The quantitative estimate of drug-likeness (QED) is 0.249. The Morgan fingerprint density at radius 2 is 1.55 bits per heavy atom. The summed E-state index contributed by atoms with van der Waals surface area (Å²) in [5.74, 6) is 0.666. The van der Waals surface area contributed by atoms with Gasteiger partial charge in [-0.1, -0.05) is 42.5 Å².